The lowest BCUT2D eigenvalue weighted by atomic mass is 10.4. The van der Waals surface area contributed by atoms with Gasteiger partial charge in [-0.15, -0.1) is 0 Å². The van der Waals surface area contributed by atoms with Gasteiger partial charge in [-0.25, -0.2) is 4.79 Å². The molecule has 0 N–H and O–H groups in total. The minimum Gasteiger partial charge on any atom is -0.432 e. The van der Waals surface area contributed by atoms with Crippen molar-refractivity contribution in [1.82, 2.24) is 4.90 Å². The van der Waals surface area contributed by atoms with Crippen LogP contribution in [0.2, 0.25) is 0 Å². The second-order valence-corrected chi connectivity index (χ2v) is 2.58. The summed E-state index contributed by atoms with van der Waals surface area (Å²) in [6.07, 6.45) is 1.37. The van der Waals surface area contributed by atoms with Crippen LogP contribution in [0.5, 0.6) is 0 Å². The summed E-state index contributed by atoms with van der Waals surface area (Å²) in [4.78, 5) is 22.4. The summed E-state index contributed by atoms with van der Waals surface area (Å²) in [5.74, 6) is 0.0166. The van der Waals surface area contributed by atoms with Crippen LogP contribution in [0.25, 0.3) is 0 Å². The number of amides is 1. The molecule has 0 aromatic carbocycles. The predicted molar refractivity (Wildman–Crippen MR) is 38.1 cm³/mol. The summed E-state index contributed by atoms with van der Waals surface area (Å²) in [6, 6.07) is 0. The van der Waals surface area contributed by atoms with Crippen LogP contribution in [0.3, 0.4) is 0 Å². The fourth-order valence-corrected chi connectivity index (χ4v) is 1.02. The van der Waals surface area contributed by atoms with E-state index < -0.39 is 5.43 Å². The van der Waals surface area contributed by atoms with Gasteiger partial charge in [0, 0.05) is 24.6 Å². The lowest BCUT2D eigenvalue weighted by molar-refractivity contribution is -0.130. The summed E-state index contributed by atoms with van der Waals surface area (Å²) in [7, 11) is 0. The van der Waals surface area contributed by atoms with Crippen molar-refractivity contribution in [2.75, 3.05) is 13.3 Å². The SMILES string of the molecule is O=C(Cl)OCN1CCCC1=O. The highest BCUT2D eigenvalue weighted by atomic mass is 35.5. The van der Waals surface area contributed by atoms with Crippen LogP contribution < -0.4 is 0 Å². The monoisotopic (exact) mass is 177 g/mol. The van der Waals surface area contributed by atoms with E-state index in [-0.39, 0.29) is 12.6 Å². The number of hydrogen-bond acceptors (Lipinski definition) is 3. The average molecular weight is 178 g/mol. The molecule has 1 saturated heterocycles. The lowest BCUT2D eigenvalue weighted by Gasteiger charge is -2.13. The van der Waals surface area contributed by atoms with Crippen LogP contribution in [0.15, 0.2) is 0 Å². The number of carbonyl (C=O) groups excluding carboxylic acids is 2. The van der Waals surface area contributed by atoms with Gasteiger partial charge in [-0.2, -0.15) is 0 Å². The summed E-state index contributed by atoms with van der Waals surface area (Å²) >= 11 is 4.90. The zero-order valence-electron chi connectivity index (χ0n) is 5.88. The zero-order valence-corrected chi connectivity index (χ0v) is 6.63. The molecule has 5 heteroatoms. The van der Waals surface area contributed by atoms with E-state index in [9.17, 15) is 9.59 Å². The van der Waals surface area contributed by atoms with Crippen molar-refractivity contribution in [1.29, 1.82) is 0 Å². The molecule has 4 nitrogen and oxygen atoms in total. The minimum absolute atomic E-state index is 0.0127. The Bertz CT molecular complexity index is 183. The second-order valence-electron chi connectivity index (χ2n) is 2.27. The molecule has 0 atom stereocenters. The Morgan fingerprint density at radius 1 is 1.73 bits per heavy atom. The number of ether oxygens (including phenoxy) is 1. The molecular formula is C6H8ClNO3. The summed E-state index contributed by atoms with van der Waals surface area (Å²) in [6.45, 7) is 0.643. The number of halogens is 1. The van der Waals surface area contributed by atoms with Gasteiger partial charge in [0.1, 0.15) is 0 Å². The largest absolute Gasteiger partial charge is 0.432 e. The van der Waals surface area contributed by atoms with Gasteiger partial charge in [0.2, 0.25) is 5.91 Å². The first-order chi connectivity index (χ1) is 5.20. The van der Waals surface area contributed by atoms with Crippen molar-refractivity contribution in [3.05, 3.63) is 0 Å². The van der Waals surface area contributed by atoms with Crippen molar-refractivity contribution in [3.8, 4) is 0 Å². The predicted octanol–water partition coefficient (Wildman–Crippen LogP) is 0.942. The standard InChI is InChI=1S/C6H8ClNO3/c7-6(10)11-4-8-3-1-2-5(8)9/h1-4H2. The van der Waals surface area contributed by atoms with E-state index >= 15 is 0 Å². The van der Waals surface area contributed by atoms with Crippen LogP contribution in [0, 0.1) is 0 Å². The smallest absolute Gasteiger partial charge is 0.405 e. The van der Waals surface area contributed by atoms with Gasteiger partial charge in [-0.3, -0.25) is 4.79 Å². The highest BCUT2D eigenvalue weighted by Gasteiger charge is 2.20. The fourth-order valence-electron chi connectivity index (χ4n) is 0.969. The summed E-state index contributed by atoms with van der Waals surface area (Å²) in [5, 5.41) is 0. The molecule has 0 radical (unpaired) electrons. The third-order valence-electron chi connectivity index (χ3n) is 1.51. The van der Waals surface area contributed by atoms with Crippen LogP contribution in [0.1, 0.15) is 12.8 Å². The van der Waals surface area contributed by atoms with Crippen LogP contribution >= 0.6 is 11.6 Å². The van der Waals surface area contributed by atoms with E-state index in [0.29, 0.717) is 13.0 Å². The molecule has 1 fully saturated rings. The van der Waals surface area contributed by atoms with Crippen molar-refractivity contribution < 1.29 is 14.3 Å². The molecule has 0 aromatic rings. The third-order valence-corrected chi connectivity index (χ3v) is 1.61. The van der Waals surface area contributed by atoms with Crippen LogP contribution in [0.4, 0.5) is 4.79 Å². The first kappa shape index (κ1) is 8.33. The molecule has 1 heterocycles. The molecule has 11 heavy (non-hydrogen) atoms. The molecular weight excluding hydrogens is 170 g/mol. The molecule has 0 bridgehead atoms. The lowest BCUT2D eigenvalue weighted by Crippen LogP contribution is -2.27. The molecule has 1 amide bonds. The molecule has 0 aliphatic carbocycles. The normalized spacial score (nSPS) is 17.2. The quantitative estimate of drug-likeness (QED) is 0.590. The molecule has 1 aliphatic heterocycles. The molecule has 0 aromatic heterocycles. The maximum absolute atomic E-state index is 10.9. The van der Waals surface area contributed by atoms with E-state index in [1.807, 2.05) is 0 Å². The maximum atomic E-state index is 10.9. The Kier molecular flexibility index (Phi) is 2.70. The van der Waals surface area contributed by atoms with E-state index in [4.69, 9.17) is 11.6 Å². The molecule has 0 spiro atoms. The van der Waals surface area contributed by atoms with Gasteiger partial charge in [-0.1, -0.05) is 0 Å². The van der Waals surface area contributed by atoms with Gasteiger partial charge in [0.05, 0.1) is 0 Å². The molecule has 0 unspecified atom stereocenters. The Balaban J connectivity index is 2.26. The molecule has 62 valence electrons. The third kappa shape index (κ3) is 2.38. The van der Waals surface area contributed by atoms with Gasteiger partial charge in [0.15, 0.2) is 6.73 Å². The zero-order chi connectivity index (χ0) is 8.27. The van der Waals surface area contributed by atoms with Crippen molar-refractivity contribution in [2.45, 2.75) is 12.8 Å². The van der Waals surface area contributed by atoms with Crippen molar-refractivity contribution in [3.63, 3.8) is 0 Å². The molecule has 0 saturated carbocycles. The molecule has 1 aliphatic rings. The number of rotatable bonds is 2. The number of likely N-dealkylation sites (tertiary alicyclic amines) is 1. The van der Waals surface area contributed by atoms with Gasteiger partial charge in [0.25, 0.3) is 0 Å². The van der Waals surface area contributed by atoms with Crippen LogP contribution in [-0.2, 0) is 9.53 Å². The number of nitrogens with zero attached hydrogens (tertiary/aromatic N) is 1. The van der Waals surface area contributed by atoms with E-state index in [0.717, 1.165) is 6.42 Å². The maximum Gasteiger partial charge on any atom is 0.405 e. The number of carbonyl (C=O) groups is 2. The molecule has 1 rings (SSSR count). The Morgan fingerprint density at radius 2 is 2.45 bits per heavy atom. The van der Waals surface area contributed by atoms with E-state index in [1.54, 1.807) is 0 Å². The van der Waals surface area contributed by atoms with Crippen LogP contribution in [-0.4, -0.2) is 29.5 Å². The van der Waals surface area contributed by atoms with Crippen molar-refractivity contribution >= 4 is 22.9 Å². The first-order valence-corrected chi connectivity index (χ1v) is 3.68. The van der Waals surface area contributed by atoms with Gasteiger partial charge in [-0.05, 0) is 6.42 Å². The van der Waals surface area contributed by atoms with Crippen molar-refractivity contribution in [2.24, 2.45) is 0 Å². The Hall–Kier alpha value is -0.770. The first-order valence-electron chi connectivity index (χ1n) is 3.30. The minimum atomic E-state index is -0.871. The highest BCUT2D eigenvalue weighted by Crippen LogP contribution is 2.09. The highest BCUT2D eigenvalue weighted by molar-refractivity contribution is 6.61. The summed E-state index contributed by atoms with van der Waals surface area (Å²) < 4.78 is 4.43. The average Bonchev–Trinajstić information content (AvgIpc) is 2.31. The van der Waals surface area contributed by atoms with E-state index in [1.165, 1.54) is 4.90 Å². The summed E-state index contributed by atoms with van der Waals surface area (Å²) in [5.41, 5.74) is -0.871. The van der Waals surface area contributed by atoms with Gasteiger partial charge >= 0.3 is 5.43 Å². The Morgan fingerprint density at radius 3 is 2.91 bits per heavy atom. The number of hydrogen-bond donors (Lipinski definition) is 0. The Labute approximate surface area is 69.1 Å². The van der Waals surface area contributed by atoms with E-state index in [2.05, 4.69) is 4.74 Å². The topological polar surface area (TPSA) is 46.6 Å². The second kappa shape index (κ2) is 3.57. The fraction of sp³-hybridized carbons (Fsp3) is 0.667. The van der Waals surface area contributed by atoms with Gasteiger partial charge < -0.3 is 9.64 Å².